The lowest BCUT2D eigenvalue weighted by Crippen LogP contribution is -2.54. The van der Waals surface area contributed by atoms with Crippen LogP contribution in [0.2, 0.25) is 0 Å². The Bertz CT molecular complexity index is 409. The third kappa shape index (κ3) is 3.93. The zero-order valence-electron chi connectivity index (χ0n) is 13.3. The summed E-state index contributed by atoms with van der Waals surface area (Å²) in [5.74, 6) is 0. The quantitative estimate of drug-likeness (QED) is 0.895. The van der Waals surface area contributed by atoms with Gasteiger partial charge in [0.15, 0.2) is 0 Å². The Kier molecular flexibility index (Phi) is 5.38. The molecule has 1 fully saturated rings. The van der Waals surface area contributed by atoms with Crippen LogP contribution in [0.25, 0.3) is 0 Å². The minimum Gasteiger partial charge on any atom is -0.385 e. The second kappa shape index (κ2) is 7.04. The van der Waals surface area contributed by atoms with Crippen molar-refractivity contribution >= 4 is 5.69 Å². The van der Waals surface area contributed by atoms with Gasteiger partial charge >= 0.3 is 0 Å². The van der Waals surface area contributed by atoms with Gasteiger partial charge in [0, 0.05) is 50.1 Å². The topological polar surface area (TPSA) is 31.4 Å². The van der Waals surface area contributed by atoms with E-state index in [0.29, 0.717) is 12.1 Å². The van der Waals surface area contributed by atoms with Crippen molar-refractivity contribution in [2.75, 3.05) is 32.0 Å². The maximum Gasteiger partial charge on any atom is 0.0564 e. The number of rotatable bonds is 5. The number of aromatic nitrogens is 1. The largest absolute Gasteiger partial charge is 0.385 e. The molecule has 2 unspecified atom stereocenters. The minimum absolute atomic E-state index is 0.611. The Morgan fingerprint density at radius 3 is 2.65 bits per heavy atom. The zero-order valence-corrected chi connectivity index (χ0v) is 13.3. The van der Waals surface area contributed by atoms with E-state index in [4.69, 9.17) is 0 Å². The van der Waals surface area contributed by atoms with E-state index in [2.05, 4.69) is 54.0 Å². The molecule has 112 valence electrons. The molecular weight excluding hydrogens is 248 g/mol. The molecule has 1 N–H and O–H groups in total. The summed E-state index contributed by atoms with van der Waals surface area (Å²) in [6.45, 7) is 11.0. The van der Waals surface area contributed by atoms with Crippen molar-refractivity contribution in [3.8, 4) is 0 Å². The fourth-order valence-corrected chi connectivity index (χ4v) is 2.82. The molecule has 0 saturated carbocycles. The molecule has 20 heavy (non-hydrogen) atoms. The smallest absolute Gasteiger partial charge is 0.0564 e. The first-order valence-electron chi connectivity index (χ1n) is 7.73. The molecule has 0 amide bonds. The predicted molar refractivity (Wildman–Crippen MR) is 85.0 cm³/mol. The lowest BCUT2D eigenvalue weighted by molar-refractivity contribution is 0.0549. The van der Waals surface area contributed by atoms with Crippen LogP contribution in [0, 0.1) is 0 Å². The standard InChI is InChI=1S/C16H28N4/c1-5-7-17-15-6-8-18-16(9-15)12-20-10-13(2)19(4)14(3)11-20/h6,8-9,13-14H,5,7,10-12H2,1-4H3,(H,17,18). The number of anilines is 1. The van der Waals surface area contributed by atoms with E-state index in [-0.39, 0.29) is 0 Å². The molecule has 1 aliphatic rings. The van der Waals surface area contributed by atoms with Gasteiger partial charge in [-0.05, 0) is 39.4 Å². The van der Waals surface area contributed by atoms with Crippen LogP contribution in [0.15, 0.2) is 18.3 Å². The summed E-state index contributed by atoms with van der Waals surface area (Å²) < 4.78 is 0. The van der Waals surface area contributed by atoms with Crippen LogP contribution in [0.1, 0.15) is 32.9 Å². The Morgan fingerprint density at radius 2 is 2.00 bits per heavy atom. The van der Waals surface area contributed by atoms with Crippen LogP contribution < -0.4 is 5.32 Å². The number of likely N-dealkylation sites (N-methyl/N-ethyl adjacent to an activating group) is 1. The van der Waals surface area contributed by atoms with Gasteiger partial charge in [0.2, 0.25) is 0 Å². The molecular formula is C16H28N4. The van der Waals surface area contributed by atoms with E-state index in [9.17, 15) is 0 Å². The van der Waals surface area contributed by atoms with Crippen molar-refractivity contribution in [3.05, 3.63) is 24.0 Å². The molecule has 2 rings (SSSR count). The third-order valence-electron chi connectivity index (χ3n) is 4.22. The van der Waals surface area contributed by atoms with Crippen LogP contribution in [-0.2, 0) is 6.54 Å². The van der Waals surface area contributed by atoms with Crippen molar-refractivity contribution in [2.45, 2.75) is 45.8 Å². The summed E-state index contributed by atoms with van der Waals surface area (Å²) >= 11 is 0. The van der Waals surface area contributed by atoms with Crippen LogP contribution in [0.3, 0.4) is 0 Å². The maximum absolute atomic E-state index is 4.52. The van der Waals surface area contributed by atoms with E-state index in [1.165, 1.54) is 5.69 Å². The number of nitrogens with one attached hydrogen (secondary N) is 1. The fraction of sp³-hybridized carbons (Fsp3) is 0.688. The predicted octanol–water partition coefficient (Wildman–Crippen LogP) is 2.43. The van der Waals surface area contributed by atoms with Gasteiger partial charge < -0.3 is 5.32 Å². The molecule has 0 aromatic carbocycles. The first-order chi connectivity index (χ1) is 9.60. The Morgan fingerprint density at radius 1 is 1.30 bits per heavy atom. The Hall–Kier alpha value is -1.13. The molecule has 4 heteroatoms. The number of hydrogen-bond donors (Lipinski definition) is 1. The average molecular weight is 276 g/mol. The molecule has 2 heterocycles. The monoisotopic (exact) mass is 276 g/mol. The highest BCUT2D eigenvalue weighted by Crippen LogP contribution is 2.16. The summed E-state index contributed by atoms with van der Waals surface area (Å²) in [6, 6.07) is 5.46. The van der Waals surface area contributed by atoms with Gasteiger partial charge in [-0.2, -0.15) is 0 Å². The third-order valence-corrected chi connectivity index (χ3v) is 4.22. The highest BCUT2D eigenvalue weighted by Gasteiger charge is 2.26. The molecule has 1 aromatic rings. The van der Waals surface area contributed by atoms with Gasteiger partial charge in [-0.25, -0.2) is 0 Å². The molecule has 1 aromatic heterocycles. The van der Waals surface area contributed by atoms with Crippen molar-refractivity contribution < 1.29 is 0 Å². The van der Waals surface area contributed by atoms with E-state index >= 15 is 0 Å². The number of hydrogen-bond acceptors (Lipinski definition) is 4. The Balaban J connectivity index is 1.96. The average Bonchev–Trinajstić information content (AvgIpc) is 2.43. The van der Waals surface area contributed by atoms with E-state index in [1.54, 1.807) is 0 Å². The Labute approximate surface area is 123 Å². The lowest BCUT2D eigenvalue weighted by Gasteiger charge is -2.42. The summed E-state index contributed by atoms with van der Waals surface area (Å²) in [5.41, 5.74) is 2.35. The molecule has 0 spiro atoms. The van der Waals surface area contributed by atoms with E-state index < -0.39 is 0 Å². The van der Waals surface area contributed by atoms with Crippen molar-refractivity contribution in [3.63, 3.8) is 0 Å². The molecule has 0 aliphatic carbocycles. The van der Waals surface area contributed by atoms with Crippen LogP contribution in [-0.4, -0.2) is 53.5 Å². The molecule has 1 aliphatic heterocycles. The zero-order chi connectivity index (χ0) is 14.5. The van der Waals surface area contributed by atoms with Crippen LogP contribution in [0.4, 0.5) is 5.69 Å². The van der Waals surface area contributed by atoms with Crippen LogP contribution in [0.5, 0.6) is 0 Å². The van der Waals surface area contributed by atoms with Crippen molar-refractivity contribution in [2.24, 2.45) is 0 Å². The van der Waals surface area contributed by atoms with E-state index in [1.807, 2.05) is 12.3 Å². The fourth-order valence-electron chi connectivity index (χ4n) is 2.82. The minimum atomic E-state index is 0.611. The summed E-state index contributed by atoms with van der Waals surface area (Å²) in [7, 11) is 2.22. The van der Waals surface area contributed by atoms with E-state index in [0.717, 1.165) is 38.3 Å². The molecule has 0 bridgehead atoms. The highest BCUT2D eigenvalue weighted by atomic mass is 15.3. The summed E-state index contributed by atoms with van der Waals surface area (Å²) in [6.07, 6.45) is 3.06. The number of piperazine rings is 1. The summed E-state index contributed by atoms with van der Waals surface area (Å²) in [4.78, 5) is 9.49. The first-order valence-corrected chi connectivity index (χ1v) is 7.73. The number of pyridine rings is 1. The SMILES string of the molecule is CCCNc1ccnc(CN2CC(C)N(C)C(C)C2)c1. The van der Waals surface area contributed by atoms with Gasteiger partial charge in [-0.3, -0.25) is 14.8 Å². The molecule has 2 atom stereocenters. The highest BCUT2D eigenvalue weighted by molar-refractivity contribution is 5.43. The van der Waals surface area contributed by atoms with Gasteiger partial charge in [0.05, 0.1) is 5.69 Å². The second-order valence-electron chi connectivity index (χ2n) is 6.02. The molecule has 0 radical (unpaired) electrons. The maximum atomic E-state index is 4.52. The van der Waals surface area contributed by atoms with Gasteiger partial charge in [0.1, 0.15) is 0 Å². The normalized spacial score (nSPS) is 24.8. The first kappa shape index (κ1) is 15.3. The van der Waals surface area contributed by atoms with Crippen molar-refractivity contribution in [1.29, 1.82) is 0 Å². The van der Waals surface area contributed by atoms with Gasteiger partial charge in [-0.15, -0.1) is 0 Å². The van der Waals surface area contributed by atoms with Gasteiger partial charge in [-0.1, -0.05) is 6.92 Å². The lowest BCUT2D eigenvalue weighted by atomic mass is 10.1. The van der Waals surface area contributed by atoms with Crippen molar-refractivity contribution in [1.82, 2.24) is 14.8 Å². The van der Waals surface area contributed by atoms with Crippen LogP contribution >= 0.6 is 0 Å². The summed E-state index contributed by atoms with van der Waals surface area (Å²) in [5, 5.41) is 3.43. The number of nitrogens with zero attached hydrogens (tertiary/aromatic N) is 3. The van der Waals surface area contributed by atoms with Gasteiger partial charge in [0.25, 0.3) is 0 Å². The molecule has 4 nitrogen and oxygen atoms in total. The molecule has 1 saturated heterocycles. The second-order valence-corrected chi connectivity index (χ2v) is 6.02.